The van der Waals surface area contributed by atoms with Crippen LogP contribution in [0.15, 0.2) is 23.3 Å². The van der Waals surface area contributed by atoms with Crippen LogP contribution in [-0.4, -0.2) is 43.3 Å². The molecule has 2 aliphatic rings. The molecule has 2 atom stereocenters. The van der Waals surface area contributed by atoms with Gasteiger partial charge in [0.15, 0.2) is 5.96 Å². The van der Waals surface area contributed by atoms with Crippen molar-refractivity contribution in [3.05, 3.63) is 23.9 Å². The zero-order valence-electron chi connectivity index (χ0n) is 17.1. The molecule has 2 heterocycles. The van der Waals surface area contributed by atoms with E-state index in [0.717, 1.165) is 30.9 Å². The Balaban J connectivity index is 1.53. The SMILES string of the molecule is CN=C(NCc1ccnc(N2CCCCCC2)c1)NC1CCCC(C(F)(F)F)C1. The molecule has 8 heteroatoms. The lowest BCUT2D eigenvalue weighted by atomic mass is 9.85. The normalized spacial score (nSPS) is 24.1. The molecule has 1 aliphatic heterocycles. The summed E-state index contributed by atoms with van der Waals surface area (Å²) in [5.74, 6) is 0.323. The Labute approximate surface area is 171 Å². The molecule has 0 radical (unpaired) electrons. The van der Waals surface area contributed by atoms with Gasteiger partial charge in [-0.15, -0.1) is 0 Å². The Hall–Kier alpha value is -1.99. The van der Waals surface area contributed by atoms with Crippen LogP contribution in [0.5, 0.6) is 0 Å². The van der Waals surface area contributed by atoms with Crippen LogP contribution in [0.4, 0.5) is 19.0 Å². The van der Waals surface area contributed by atoms with Gasteiger partial charge in [0.05, 0.1) is 5.92 Å². The summed E-state index contributed by atoms with van der Waals surface area (Å²) in [7, 11) is 1.65. The number of nitrogens with zero attached hydrogens (tertiary/aromatic N) is 3. The summed E-state index contributed by atoms with van der Waals surface area (Å²) in [6.07, 6.45) is 4.31. The zero-order chi connectivity index (χ0) is 20.7. The summed E-state index contributed by atoms with van der Waals surface area (Å²) in [6, 6.07) is 3.85. The summed E-state index contributed by atoms with van der Waals surface area (Å²) in [5, 5.41) is 6.42. The number of guanidine groups is 1. The molecule has 3 rings (SSSR count). The highest BCUT2D eigenvalue weighted by Gasteiger charge is 2.42. The van der Waals surface area contributed by atoms with E-state index < -0.39 is 12.1 Å². The highest BCUT2D eigenvalue weighted by Crippen LogP contribution is 2.37. The maximum absolute atomic E-state index is 13.0. The van der Waals surface area contributed by atoms with Gasteiger partial charge in [0.25, 0.3) is 0 Å². The molecule has 1 aliphatic carbocycles. The molecule has 2 N–H and O–H groups in total. The first-order valence-electron chi connectivity index (χ1n) is 10.7. The molecular formula is C21H32F3N5. The van der Waals surface area contributed by atoms with Gasteiger partial charge in [-0.25, -0.2) is 4.98 Å². The average molecular weight is 412 g/mol. The topological polar surface area (TPSA) is 52.6 Å². The van der Waals surface area contributed by atoms with Crippen molar-refractivity contribution in [2.24, 2.45) is 10.9 Å². The lowest BCUT2D eigenvalue weighted by Gasteiger charge is -2.32. The third-order valence-electron chi connectivity index (χ3n) is 5.90. The van der Waals surface area contributed by atoms with Crippen molar-refractivity contribution in [2.75, 3.05) is 25.0 Å². The highest BCUT2D eigenvalue weighted by molar-refractivity contribution is 5.80. The van der Waals surface area contributed by atoms with Crippen LogP contribution in [0.1, 0.15) is 56.9 Å². The smallest absolute Gasteiger partial charge is 0.357 e. The molecule has 1 aromatic rings. The number of aromatic nitrogens is 1. The third kappa shape index (κ3) is 6.51. The Morgan fingerprint density at radius 2 is 1.93 bits per heavy atom. The third-order valence-corrected chi connectivity index (χ3v) is 5.90. The first-order valence-corrected chi connectivity index (χ1v) is 10.7. The molecule has 0 aromatic carbocycles. The lowest BCUT2D eigenvalue weighted by Crippen LogP contribution is -2.46. The summed E-state index contributed by atoms with van der Waals surface area (Å²) in [4.78, 5) is 11.1. The van der Waals surface area contributed by atoms with E-state index in [-0.39, 0.29) is 18.9 Å². The molecular weight excluding hydrogens is 379 g/mol. The van der Waals surface area contributed by atoms with Crippen molar-refractivity contribution in [3.63, 3.8) is 0 Å². The maximum Gasteiger partial charge on any atom is 0.391 e. The predicted molar refractivity (Wildman–Crippen MR) is 110 cm³/mol. The van der Waals surface area contributed by atoms with Gasteiger partial charge in [-0.05, 0) is 49.8 Å². The first-order chi connectivity index (χ1) is 14.0. The van der Waals surface area contributed by atoms with E-state index in [0.29, 0.717) is 18.9 Å². The first kappa shape index (κ1) is 21.7. The Kier molecular flexibility index (Phi) is 7.61. The van der Waals surface area contributed by atoms with E-state index in [2.05, 4.69) is 31.6 Å². The summed E-state index contributed by atoms with van der Waals surface area (Å²) in [6.45, 7) is 2.63. The average Bonchev–Trinajstić information content (AvgIpc) is 3.00. The number of halogens is 3. The molecule has 1 saturated heterocycles. The van der Waals surface area contributed by atoms with E-state index in [1.807, 2.05) is 12.3 Å². The van der Waals surface area contributed by atoms with Crippen LogP contribution in [0, 0.1) is 5.92 Å². The maximum atomic E-state index is 13.0. The van der Waals surface area contributed by atoms with Gasteiger partial charge in [-0.2, -0.15) is 13.2 Å². The van der Waals surface area contributed by atoms with Crippen molar-refractivity contribution < 1.29 is 13.2 Å². The van der Waals surface area contributed by atoms with Crippen molar-refractivity contribution >= 4 is 11.8 Å². The van der Waals surface area contributed by atoms with E-state index in [1.54, 1.807) is 7.05 Å². The zero-order valence-corrected chi connectivity index (χ0v) is 17.1. The molecule has 29 heavy (non-hydrogen) atoms. The number of nitrogens with one attached hydrogen (secondary N) is 2. The van der Waals surface area contributed by atoms with E-state index >= 15 is 0 Å². The van der Waals surface area contributed by atoms with E-state index in [1.165, 1.54) is 25.7 Å². The number of alkyl halides is 3. The fourth-order valence-corrected chi connectivity index (χ4v) is 4.24. The minimum absolute atomic E-state index is 0.110. The largest absolute Gasteiger partial charge is 0.391 e. The summed E-state index contributed by atoms with van der Waals surface area (Å²) < 4.78 is 39.1. The molecule has 162 valence electrons. The standard InChI is InChI=1S/C21H32F3N5/c1-25-20(28-18-8-6-7-17(14-18)21(22,23)24)27-15-16-9-10-26-19(13-16)29-11-4-2-3-5-12-29/h9-10,13,17-18H,2-8,11-12,14-15H2,1H3,(H2,25,27,28). The number of pyridine rings is 1. The fourth-order valence-electron chi connectivity index (χ4n) is 4.24. The molecule has 0 amide bonds. The van der Waals surface area contributed by atoms with Gasteiger partial charge in [0.1, 0.15) is 5.82 Å². The second-order valence-electron chi connectivity index (χ2n) is 8.10. The van der Waals surface area contributed by atoms with Crippen LogP contribution >= 0.6 is 0 Å². The summed E-state index contributed by atoms with van der Waals surface area (Å²) >= 11 is 0. The highest BCUT2D eigenvalue weighted by atomic mass is 19.4. The number of hydrogen-bond acceptors (Lipinski definition) is 3. The second kappa shape index (κ2) is 10.2. The fraction of sp³-hybridized carbons (Fsp3) is 0.714. The van der Waals surface area contributed by atoms with Crippen molar-refractivity contribution in [3.8, 4) is 0 Å². The Bertz CT molecular complexity index is 669. The van der Waals surface area contributed by atoms with Gasteiger partial charge in [-0.1, -0.05) is 19.3 Å². The van der Waals surface area contributed by atoms with Crippen LogP contribution < -0.4 is 15.5 Å². The number of anilines is 1. The van der Waals surface area contributed by atoms with E-state index in [9.17, 15) is 13.2 Å². The number of hydrogen-bond donors (Lipinski definition) is 2. The minimum Gasteiger partial charge on any atom is -0.357 e. The van der Waals surface area contributed by atoms with Gasteiger partial charge in [0.2, 0.25) is 0 Å². The Morgan fingerprint density at radius 3 is 2.62 bits per heavy atom. The molecule has 2 fully saturated rings. The van der Waals surface area contributed by atoms with Gasteiger partial charge in [-0.3, -0.25) is 4.99 Å². The monoisotopic (exact) mass is 411 g/mol. The molecule has 1 saturated carbocycles. The molecule has 2 unspecified atom stereocenters. The van der Waals surface area contributed by atoms with Crippen LogP contribution in [0.2, 0.25) is 0 Å². The lowest BCUT2D eigenvalue weighted by molar-refractivity contribution is -0.183. The minimum atomic E-state index is -4.11. The number of aliphatic imine (C=N–C) groups is 1. The van der Waals surface area contributed by atoms with Crippen molar-refractivity contribution in [1.82, 2.24) is 15.6 Å². The predicted octanol–water partition coefficient (Wildman–Crippen LogP) is 4.25. The van der Waals surface area contributed by atoms with Crippen molar-refractivity contribution in [1.29, 1.82) is 0 Å². The summed E-state index contributed by atoms with van der Waals surface area (Å²) in [5.41, 5.74) is 1.08. The molecule has 1 aromatic heterocycles. The van der Waals surface area contributed by atoms with Gasteiger partial charge in [0, 0.05) is 38.9 Å². The van der Waals surface area contributed by atoms with Gasteiger partial charge >= 0.3 is 6.18 Å². The molecule has 0 spiro atoms. The van der Waals surface area contributed by atoms with E-state index in [4.69, 9.17) is 0 Å². The second-order valence-corrected chi connectivity index (χ2v) is 8.10. The van der Waals surface area contributed by atoms with Crippen LogP contribution in [-0.2, 0) is 6.54 Å². The molecule has 5 nitrogen and oxygen atoms in total. The number of rotatable bonds is 4. The quantitative estimate of drug-likeness (QED) is 0.575. The Morgan fingerprint density at radius 1 is 1.17 bits per heavy atom. The van der Waals surface area contributed by atoms with Crippen LogP contribution in [0.25, 0.3) is 0 Å². The van der Waals surface area contributed by atoms with Gasteiger partial charge < -0.3 is 15.5 Å². The van der Waals surface area contributed by atoms with Crippen molar-refractivity contribution in [2.45, 2.75) is 70.1 Å². The van der Waals surface area contributed by atoms with Crippen LogP contribution in [0.3, 0.4) is 0 Å². The molecule has 0 bridgehead atoms.